The van der Waals surface area contributed by atoms with E-state index in [1.54, 1.807) is 18.2 Å². The Bertz CT molecular complexity index is 624. The zero-order valence-electron chi connectivity index (χ0n) is 10.00. The van der Waals surface area contributed by atoms with Gasteiger partial charge in [-0.25, -0.2) is 4.98 Å². The van der Waals surface area contributed by atoms with E-state index in [2.05, 4.69) is 9.71 Å². The van der Waals surface area contributed by atoms with Gasteiger partial charge in [0.25, 0.3) is 10.0 Å². The molecule has 1 aromatic heterocycles. The van der Waals surface area contributed by atoms with Crippen LogP contribution in [0.4, 0.5) is 5.69 Å². The smallest absolute Gasteiger partial charge is 0.278 e. The van der Waals surface area contributed by atoms with Gasteiger partial charge in [-0.05, 0) is 36.2 Å². The van der Waals surface area contributed by atoms with E-state index in [1.165, 1.54) is 12.3 Å². The van der Waals surface area contributed by atoms with E-state index in [4.69, 9.17) is 0 Å². The lowest BCUT2D eigenvalue weighted by Gasteiger charge is -2.08. The lowest BCUT2D eigenvalue weighted by atomic mass is 10.1. The molecule has 0 aliphatic carbocycles. The highest BCUT2D eigenvalue weighted by Crippen LogP contribution is 2.15. The first-order valence-electron chi connectivity index (χ1n) is 5.64. The Morgan fingerprint density at radius 1 is 1.17 bits per heavy atom. The molecule has 0 spiro atoms. The van der Waals surface area contributed by atoms with Crippen molar-refractivity contribution in [2.45, 2.75) is 18.4 Å². The molecule has 0 saturated heterocycles. The number of nitrogens with one attached hydrogen (secondary N) is 1. The van der Waals surface area contributed by atoms with Crippen LogP contribution in [0.15, 0.2) is 53.7 Å². The van der Waals surface area contributed by atoms with Gasteiger partial charge in [0.15, 0.2) is 5.03 Å². The van der Waals surface area contributed by atoms with E-state index in [1.807, 2.05) is 25.1 Å². The highest BCUT2D eigenvalue weighted by Gasteiger charge is 2.14. The van der Waals surface area contributed by atoms with E-state index in [0.29, 0.717) is 5.69 Å². The lowest BCUT2D eigenvalue weighted by molar-refractivity contribution is 0.597. The summed E-state index contributed by atoms with van der Waals surface area (Å²) in [7, 11) is -3.60. The topological polar surface area (TPSA) is 59.1 Å². The number of anilines is 1. The number of nitrogens with zero attached hydrogens (tertiary/aromatic N) is 1. The van der Waals surface area contributed by atoms with Gasteiger partial charge in [-0.1, -0.05) is 25.1 Å². The second kappa shape index (κ2) is 5.18. The number of pyridine rings is 1. The van der Waals surface area contributed by atoms with E-state index in [-0.39, 0.29) is 5.03 Å². The molecule has 18 heavy (non-hydrogen) atoms. The van der Waals surface area contributed by atoms with Gasteiger partial charge in [0.2, 0.25) is 0 Å². The fourth-order valence-corrected chi connectivity index (χ4v) is 2.57. The minimum Gasteiger partial charge on any atom is -0.278 e. The normalized spacial score (nSPS) is 11.2. The monoisotopic (exact) mass is 262 g/mol. The molecule has 0 bridgehead atoms. The van der Waals surface area contributed by atoms with Gasteiger partial charge < -0.3 is 0 Å². The summed E-state index contributed by atoms with van der Waals surface area (Å²) in [6.45, 7) is 2.02. The second-order valence-corrected chi connectivity index (χ2v) is 5.46. The minimum absolute atomic E-state index is 0.0203. The Labute approximate surface area is 107 Å². The summed E-state index contributed by atoms with van der Waals surface area (Å²) in [5.41, 5.74) is 1.64. The first-order valence-corrected chi connectivity index (χ1v) is 7.13. The van der Waals surface area contributed by atoms with Crippen molar-refractivity contribution in [3.05, 3.63) is 54.2 Å². The molecular formula is C13H14N2O2S. The average Bonchev–Trinajstić information content (AvgIpc) is 2.39. The van der Waals surface area contributed by atoms with Crippen LogP contribution in [0.5, 0.6) is 0 Å². The Morgan fingerprint density at radius 2 is 2.00 bits per heavy atom. The van der Waals surface area contributed by atoms with Crippen LogP contribution in [0.1, 0.15) is 12.5 Å². The van der Waals surface area contributed by atoms with Gasteiger partial charge in [-0.2, -0.15) is 8.42 Å². The molecule has 4 nitrogen and oxygen atoms in total. The van der Waals surface area contributed by atoms with Crippen molar-refractivity contribution in [3.63, 3.8) is 0 Å². The predicted molar refractivity (Wildman–Crippen MR) is 70.9 cm³/mol. The van der Waals surface area contributed by atoms with Crippen molar-refractivity contribution in [1.82, 2.24) is 4.98 Å². The second-order valence-electron chi connectivity index (χ2n) is 3.83. The number of hydrogen-bond donors (Lipinski definition) is 1. The summed E-state index contributed by atoms with van der Waals surface area (Å²) in [6.07, 6.45) is 2.32. The summed E-state index contributed by atoms with van der Waals surface area (Å²) >= 11 is 0. The Balaban J connectivity index is 2.28. The van der Waals surface area contributed by atoms with Crippen LogP contribution in [-0.4, -0.2) is 13.4 Å². The number of hydrogen-bond acceptors (Lipinski definition) is 3. The van der Waals surface area contributed by atoms with E-state index < -0.39 is 10.0 Å². The van der Waals surface area contributed by atoms with Crippen LogP contribution in [0.25, 0.3) is 0 Å². The van der Waals surface area contributed by atoms with Crippen LogP contribution in [-0.2, 0) is 16.4 Å². The summed E-state index contributed by atoms with van der Waals surface area (Å²) in [4.78, 5) is 3.84. The molecule has 1 aromatic carbocycles. The van der Waals surface area contributed by atoms with Gasteiger partial charge in [-0.3, -0.25) is 4.72 Å². The number of rotatable bonds is 4. The number of aromatic nitrogens is 1. The molecule has 94 valence electrons. The Hall–Kier alpha value is -1.88. The van der Waals surface area contributed by atoms with Crippen molar-refractivity contribution in [2.75, 3.05) is 4.72 Å². The van der Waals surface area contributed by atoms with E-state index in [0.717, 1.165) is 12.0 Å². The number of benzene rings is 1. The van der Waals surface area contributed by atoms with Crippen molar-refractivity contribution in [2.24, 2.45) is 0 Å². The largest absolute Gasteiger partial charge is 0.279 e. The van der Waals surface area contributed by atoms with Gasteiger partial charge in [-0.15, -0.1) is 0 Å². The number of sulfonamides is 1. The molecule has 0 saturated carbocycles. The molecule has 1 heterocycles. The summed E-state index contributed by atoms with van der Waals surface area (Å²) < 4.78 is 26.6. The molecule has 0 aliphatic heterocycles. The predicted octanol–water partition coefficient (Wildman–Crippen LogP) is 2.44. The Kier molecular flexibility index (Phi) is 3.62. The fraction of sp³-hybridized carbons (Fsp3) is 0.154. The van der Waals surface area contributed by atoms with Crippen LogP contribution in [0, 0.1) is 0 Å². The Morgan fingerprint density at radius 3 is 2.67 bits per heavy atom. The first kappa shape index (κ1) is 12.6. The van der Waals surface area contributed by atoms with Crippen LogP contribution in [0.2, 0.25) is 0 Å². The third-order valence-corrected chi connectivity index (χ3v) is 3.80. The molecule has 5 heteroatoms. The van der Waals surface area contributed by atoms with Gasteiger partial charge in [0.1, 0.15) is 0 Å². The molecule has 0 atom stereocenters. The summed E-state index contributed by atoms with van der Waals surface area (Å²) in [6, 6.07) is 12.1. The van der Waals surface area contributed by atoms with E-state index in [9.17, 15) is 8.42 Å². The maximum atomic E-state index is 12.0. The highest BCUT2D eigenvalue weighted by molar-refractivity contribution is 7.92. The molecule has 0 aliphatic rings. The third-order valence-electron chi connectivity index (χ3n) is 2.50. The molecule has 2 aromatic rings. The summed E-state index contributed by atoms with van der Waals surface area (Å²) in [5, 5.41) is 0.0203. The van der Waals surface area contributed by atoms with Crippen molar-refractivity contribution < 1.29 is 8.42 Å². The van der Waals surface area contributed by atoms with Crippen molar-refractivity contribution in [3.8, 4) is 0 Å². The molecule has 0 fully saturated rings. The molecule has 0 unspecified atom stereocenters. The molecule has 1 N–H and O–H groups in total. The molecule has 2 rings (SSSR count). The lowest BCUT2D eigenvalue weighted by Crippen LogP contribution is -2.14. The molecule has 0 radical (unpaired) electrons. The third kappa shape index (κ3) is 2.87. The summed E-state index contributed by atoms with van der Waals surface area (Å²) in [5.74, 6) is 0. The minimum atomic E-state index is -3.60. The maximum Gasteiger partial charge on any atom is 0.279 e. The maximum absolute atomic E-state index is 12.0. The standard InChI is InChI=1S/C13H14N2O2S/c1-2-11-6-5-7-12(10-11)15-18(16,17)13-8-3-4-9-14-13/h3-10,15H,2H2,1H3. The first-order chi connectivity index (χ1) is 8.62. The van der Waals surface area contributed by atoms with Crippen molar-refractivity contribution >= 4 is 15.7 Å². The van der Waals surface area contributed by atoms with Gasteiger partial charge in [0.05, 0.1) is 0 Å². The fourth-order valence-electron chi connectivity index (χ4n) is 1.57. The van der Waals surface area contributed by atoms with Gasteiger partial charge >= 0.3 is 0 Å². The molecule has 0 amide bonds. The van der Waals surface area contributed by atoms with E-state index >= 15 is 0 Å². The highest BCUT2D eigenvalue weighted by atomic mass is 32.2. The van der Waals surface area contributed by atoms with Crippen molar-refractivity contribution in [1.29, 1.82) is 0 Å². The van der Waals surface area contributed by atoms with Crippen LogP contribution >= 0.6 is 0 Å². The van der Waals surface area contributed by atoms with Gasteiger partial charge in [0, 0.05) is 11.9 Å². The van der Waals surface area contributed by atoms with Crippen LogP contribution in [0.3, 0.4) is 0 Å². The van der Waals surface area contributed by atoms with Crippen LogP contribution < -0.4 is 4.72 Å². The average molecular weight is 262 g/mol. The number of aryl methyl sites for hydroxylation is 1. The zero-order chi connectivity index (χ0) is 13.0. The molecular weight excluding hydrogens is 248 g/mol. The zero-order valence-corrected chi connectivity index (χ0v) is 10.8. The SMILES string of the molecule is CCc1cccc(NS(=O)(=O)c2ccccn2)c1. The quantitative estimate of drug-likeness (QED) is 0.920.